The van der Waals surface area contributed by atoms with Crippen molar-refractivity contribution in [2.45, 2.75) is 12.8 Å². The summed E-state index contributed by atoms with van der Waals surface area (Å²) in [6.07, 6.45) is 1.15. The summed E-state index contributed by atoms with van der Waals surface area (Å²) in [5.74, 6) is 0.781. The van der Waals surface area contributed by atoms with Gasteiger partial charge in [-0.2, -0.15) is 0 Å². The standard InChI is InChI=1S/C11H15BrN2O2/c1-13-14-11(15)6-3-7-16-10-5-2-4-9(12)8-10/h2,4-5,8,13H,3,6-7H2,1H3,(H,14,15). The Morgan fingerprint density at radius 1 is 1.50 bits per heavy atom. The molecule has 0 saturated carbocycles. The van der Waals surface area contributed by atoms with Gasteiger partial charge in [0.1, 0.15) is 5.75 Å². The Bertz CT molecular complexity index is 345. The van der Waals surface area contributed by atoms with E-state index < -0.39 is 0 Å². The number of rotatable bonds is 6. The van der Waals surface area contributed by atoms with Crippen LogP contribution in [0.3, 0.4) is 0 Å². The van der Waals surface area contributed by atoms with E-state index in [1.54, 1.807) is 7.05 Å². The van der Waals surface area contributed by atoms with Gasteiger partial charge in [-0.3, -0.25) is 10.2 Å². The van der Waals surface area contributed by atoms with E-state index in [9.17, 15) is 4.79 Å². The monoisotopic (exact) mass is 286 g/mol. The first-order chi connectivity index (χ1) is 7.72. The molecule has 0 radical (unpaired) electrons. The summed E-state index contributed by atoms with van der Waals surface area (Å²) >= 11 is 3.36. The van der Waals surface area contributed by atoms with E-state index in [-0.39, 0.29) is 5.91 Å². The summed E-state index contributed by atoms with van der Waals surface area (Å²) < 4.78 is 6.47. The van der Waals surface area contributed by atoms with Crippen molar-refractivity contribution in [2.24, 2.45) is 0 Å². The molecule has 0 spiro atoms. The first kappa shape index (κ1) is 13.0. The normalized spacial score (nSPS) is 9.88. The molecule has 0 heterocycles. The lowest BCUT2D eigenvalue weighted by Gasteiger charge is -2.06. The van der Waals surface area contributed by atoms with E-state index in [1.165, 1.54) is 0 Å². The molecule has 4 nitrogen and oxygen atoms in total. The molecule has 16 heavy (non-hydrogen) atoms. The van der Waals surface area contributed by atoms with Crippen molar-refractivity contribution in [1.82, 2.24) is 10.9 Å². The molecule has 0 aromatic heterocycles. The zero-order chi connectivity index (χ0) is 11.8. The van der Waals surface area contributed by atoms with Gasteiger partial charge in [-0.15, -0.1) is 0 Å². The van der Waals surface area contributed by atoms with Gasteiger partial charge in [0, 0.05) is 17.9 Å². The maximum Gasteiger partial charge on any atom is 0.234 e. The number of ether oxygens (including phenoxy) is 1. The van der Waals surface area contributed by atoms with Gasteiger partial charge >= 0.3 is 0 Å². The molecule has 0 aliphatic heterocycles. The minimum Gasteiger partial charge on any atom is -0.494 e. The number of hydrogen-bond donors (Lipinski definition) is 2. The van der Waals surface area contributed by atoms with Crippen LogP contribution >= 0.6 is 15.9 Å². The maximum absolute atomic E-state index is 11.1. The van der Waals surface area contributed by atoms with Gasteiger partial charge in [0.2, 0.25) is 5.91 Å². The zero-order valence-electron chi connectivity index (χ0n) is 9.13. The lowest BCUT2D eigenvalue weighted by Crippen LogP contribution is -2.34. The van der Waals surface area contributed by atoms with Crippen molar-refractivity contribution in [3.63, 3.8) is 0 Å². The molecule has 1 rings (SSSR count). The average molecular weight is 287 g/mol. The molecule has 1 aromatic carbocycles. The SMILES string of the molecule is CNNC(=O)CCCOc1cccc(Br)c1. The first-order valence-electron chi connectivity index (χ1n) is 5.06. The van der Waals surface area contributed by atoms with Crippen LogP contribution in [-0.4, -0.2) is 19.6 Å². The largest absolute Gasteiger partial charge is 0.494 e. The molecular weight excluding hydrogens is 272 g/mol. The van der Waals surface area contributed by atoms with Crippen LogP contribution in [0.1, 0.15) is 12.8 Å². The molecule has 0 fully saturated rings. The molecule has 1 amide bonds. The van der Waals surface area contributed by atoms with E-state index in [4.69, 9.17) is 4.74 Å². The van der Waals surface area contributed by atoms with Gasteiger partial charge in [0.05, 0.1) is 6.61 Å². The van der Waals surface area contributed by atoms with Crippen LogP contribution in [0.25, 0.3) is 0 Å². The van der Waals surface area contributed by atoms with E-state index in [1.807, 2.05) is 24.3 Å². The number of carbonyl (C=O) groups is 1. The summed E-state index contributed by atoms with van der Waals surface area (Å²) in [4.78, 5) is 11.1. The highest BCUT2D eigenvalue weighted by atomic mass is 79.9. The minimum atomic E-state index is -0.0275. The Labute approximate surface area is 103 Å². The Morgan fingerprint density at radius 2 is 2.31 bits per heavy atom. The van der Waals surface area contributed by atoms with Gasteiger partial charge in [0.25, 0.3) is 0 Å². The zero-order valence-corrected chi connectivity index (χ0v) is 10.7. The van der Waals surface area contributed by atoms with Crippen molar-refractivity contribution < 1.29 is 9.53 Å². The molecule has 0 unspecified atom stereocenters. The molecular formula is C11H15BrN2O2. The third kappa shape index (κ3) is 5.14. The lowest BCUT2D eigenvalue weighted by molar-refractivity contribution is -0.122. The van der Waals surface area contributed by atoms with Crippen molar-refractivity contribution in [3.05, 3.63) is 28.7 Å². The third-order valence-corrected chi connectivity index (χ3v) is 2.37. The number of hydrazine groups is 1. The molecule has 2 N–H and O–H groups in total. The van der Waals surface area contributed by atoms with Crippen LogP contribution < -0.4 is 15.6 Å². The van der Waals surface area contributed by atoms with Crippen LogP contribution in [0.15, 0.2) is 28.7 Å². The second-order valence-electron chi connectivity index (χ2n) is 3.21. The Morgan fingerprint density at radius 3 is 3.00 bits per heavy atom. The number of nitrogens with one attached hydrogen (secondary N) is 2. The van der Waals surface area contributed by atoms with Gasteiger partial charge in [-0.05, 0) is 24.6 Å². The van der Waals surface area contributed by atoms with E-state index in [0.717, 1.165) is 10.2 Å². The lowest BCUT2D eigenvalue weighted by atomic mass is 10.3. The van der Waals surface area contributed by atoms with Crippen molar-refractivity contribution in [3.8, 4) is 5.75 Å². The van der Waals surface area contributed by atoms with Crippen molar-refractivity contribution in [1.29, 1.82) is 0 Å². The van der Waals surface area contributed by atoms with Crippen LogP contribution in [0.2, 0.25) is 0 Å². The summed E-state index contributed by atoms with van der Waals surface area (Å²) in [6.45, 7) is 0.535. The Hall–Kier alpha value is -1.07. The van der Waals surface area contributed by atoms with Crippen LogP contribution in [0, 0.1) is 0 Å². The highest BCUT2D eigenvalue weighted by Gasteiger charge is 1.99. The minimum absolute atomic E-state index is 0.0275. The molecule has 0 bridgehead atoms. The summed E-state index contributed by atoms with van der Waals surface area (Å²) in [5, 5.41) is 0. The quantitative estimate of drug-likeness (QED) is 0.620. The maximum atomic E-state index is 11.1. The van der Waals surface area contributed by atoms with Gasteiger partial charge in [0.15, 0.2) is 0 Å². The number of hydrogen-bond acceptors (Lipinski definition) is 3. The van der Waals surface area contributed by atoms with E-state index in [2.05, 4.69) is 26.8 Å². The molecule has 0 aliphatic carbocycles. The van der Waals surface area contributed by atoms with Crippen LogP contribution in [-0.2, 0) is 4.79 Å². The highest BCUT2D eigenvalue weighted by molar-refractivity contribution is 9.10. The second kappa shape index (κ2) is 7.24. The van der Waals surface area contributed by atoms with Crippen LogP contribution in [0.5, 0.6) is 5.75 Å². The average Bonchev–Trinajstić information content (AvgIpc) is 2.25. The summed E-state index contributed by atoms with van der Waals surface area (Å²) in [7, 11) is 1.66. The van der Waals surface area contributed by atoms with Crippen molar-refractivity contribution >= 4 is 21.8 Å². The molecule has 0 atom stereocenters. The Balaban J connectivity index is 2.18. The highest BCUT2D eigenvalue weighted by Crippen LogP contribution is 2.17. The molecule has 5 heteroatoms. The number of carbonyl (C=O) groups excluding carboxylic acids is 1. The first-order valence-corrected chi connectivity index (χ1v) is 5.85. The van der Waals surface area contributed by atoms with E-state index >= 15 is 0 Å². The summed E-state index contributed by atoms with van der Waals surface area (Å²) in [6, 6.07) is 7.63. The second-order valence-corrected chi connectivity index (χ2v) is 4.12. The van der Waals surface area contributed by atoms with Gasteiger partial charge in [-0.1, -0.05) is 22.0 Å². The van der Waals surface area contributed by atoms with E-state index in [0.29, 0.717) is 19.4 Å². The predicted octanol–water partition coefficient (Wildman–Crippen LogP) is 1.86. The fourth-order valence-corrected chi connectivity index (χ4v) is 1.56. The van der Waals surface area contributed by atoms with Gasteiger partial charge in [-0.25, -0.2) is 5.43 Å². The van der Waals surface area contributed by atoms with Crippen molar-refractivity contribution in [2.75, 3.05) is 13.7 Å². The fraction of sp³-hybridized carbons (Fsp3) is 0.364. The smallest absolute Gasteiger partial charge is 0.234 e. The number of benzene rings is 1. The summed E-state index contributed by atoms with van der Waals surface area (Å²) in [5.41, 5.74) is 5.09. The topological polar surface area (TPSA) is 50.4 Å². The fourth-order valence-electron chi connectivity index (χ4n) is 1.18. The third-order valence-electron chi connectivity index (χ3n) is 1.88. The molecule has 1 aromatic rings. The number of halogens is 1. The molecule has 0 aliphatic rings. The van der Waals surface area contributed by atoms with Gasteiger partial charge < -0.3 is 4.74 Å². The predicted molar refractivity (Wildman–Crippen MR) is 66.1 cm³/mol. The number of amides is 1. The molecule has 0 saturated heterocycles. The molecule has 88 valence electrons. The van der Waals surface area contributed by atoms with Crippen LogP contribution in [0.4, 0.5) is 0 Å². The Kier molecular flexibility index (Phi) is 5.88.